The lowest BCUT2D eigenvalue weighted by Gasteiger charge is -2.31. The van der Waals surface area contributed by atoms with Crippen molar-refractivity contribution in [3.63, 3.8) is 0 Å². The Morgan fingerprint density at radius 2 is 1.98 bits per heavy atom. The number of hydrogen-bond donors (Lipinski definition) is 5. The van der Waals surface area contributed by atoms with Crippen LogP contribution in [0.2, 0.25) is 0 Å². The zero-order chi connectivity index (χ0) is 28.6. The molecule has 0 bridgehead atoms. The molecule has 218 valence electrons. The predicted molar refractivity (Wildman–Crippen MR) is 154 cm³/mol. The molecule has 2 aromatic rings. The number of aliphatic imine (C=N–C) groups is 1. The summed E-state index contributed by atoms with van der Waals surface area (Å²) in [7, 11) is -3.91. The number of nitrogens with zero attached hydrogens (tertiary/aromatic N) is 2. The van der Waals surface area contributed by atoms with E-state index in [9.17, 15) is 18.5 Å². The standard InChI is InChI=1S/C26H36N6O6S2/c1-26(2)23(32(18-39-26)40(35,36)21-7-4-3-5-8-21)24(33)30-22(38-34)17-19-9-11-20(12-10-19)31-37-16-6-13-27-25-28-14-15-29-25/h3-5,7-12,22-23,31,34H,6,13-18H2,1-2H3,(H,30,33)(H2,27,28,29). The van der Waals surface area contributed by atoms with Gasteiger partial charge in [0.25, 0.3) is 0 Å². The fourth-order valence-corrected chi connectivity index (χ4v) is 7.58. The third-order valence-corrected chi connectivity index (χ3v) is 9.86. The molecular weight excluding hydrogens is 556 g/mol. The summed E-state index contributed by atoms with van der Waals surface area (Å²) in [5, 5.41) is 18.5. The topological polar surface area (TPSA) is 154 Å². The lowest BCUT2D eigenvalue weighted by Crippen LogP contribution is -2.55. The summed E-state index contributed by atoms with van der Waals surface area (Å²) >= 11 is 1.37. The van der Waals surface area contributed by atoms with Crippen molar-refractivity contribution in [2.75, 3.05) is 37.6 Å². The number of guanidine groups is 1. The van der Waals surface area contributed by atoms with E-state index < -0.39 is 32.9 Å². The highest BCUT2D eigenvalue weighted by Gasteiger charge is 2.51. The molecule has 2 aromatic carbocycles. The van der Waals surface area contributed by atoms with E-state index in [0.717, 1.165) is 43.3 Å². The first-order valence-electron chi connectivity index (χ1n) is 13.0. The summed E-state index contributed by atoms with van der Waals surface area (Å²) < 4.78 is 27.1. The summed E-state index contributed by atoms with van der Waals surface area (Å²) in [6.07, 6.45) is -0.114. The van der Waals surface area contributed by atoms with Crippen LogP contribution < -0.4 is 21.4 Å². The number of carbonyl (C=O) groups excluding carboxylic acids is 1. The van der Waals surface area contributed by atoms with E-state index in [-0.39, 0.29) is 17.2 Å². The van der Waals surface area contributed by atoms with Crippen LogP contribution in [0.25, 0.3) is 0 Å². The minimum Gasteiger partial charge on any atom is -0.356 e. The second-order valence-electron chi connectivity index (χ2n) is 9.88. The Labute approximate surface area is 238 Å². The Balaban J connectivity index is 1.28. The van der Waals surface area contributed by atoms with Gasteiger partial charge in [0.05, 0.1) is 29.6 Å². The molecule has 2 aliphatic heterocycles. The van der Waals surface area contributed by atoms with Crippen LogP contribution in [0.3, 0.4) is 0 Å². The zero-order valence-electron chi connectivity index (χ0n) is 22.5. The monoisotopic (exact) mass is 592 g/mol. The summed E-state index contributed by atoms with van der Waals surface area (Å²) in [5.74, 6) is 0.405. The molecule has 2 aliphatic rings. The first-order valence-corrected chi connectivity index (χ1v) is 15.4. The molecule has 5 N–H and O–H groups in total. The van der Waals surface area contributed by atoms with Crippen LogP contribution in [-0.4, -0.2) is 79.0 Å². The van der Waals surface area contributed by atoms with Crippen LogP contribution in [-0.2, 0) is 31.0 Å². The molecule has 1 fully saturated rings. The molecule has 2 heterocycles. The molecule has 0 radical (unpaired) electrons. The van der Waals surface area contributed by atoms with E-state index in [2.05, 4.69) is 31.3 Å². The fraction of sp³-hybridized carbons (Fsp3) is 0.462. The average molecular weight is 593 g/mol. The lowest BCUT2D eigenvalue weighted by molar-refractivity contribution is -0.284. The number of hydrogen-bond acceptors (Lipinski definition) is 11. The van der Waals surface area contributed by atoms with Crippen LogP contribution in [0.4, 0.5) is 5.69 Å². The molecule has 0 aromatic heterocycles. The van der Waals surface area contributed by atoms with Gasteiger partial charge in [-0.15, -0.1) is 11.8 Å². The number of thioether (sulfide) groups is 1. The molecule has 14 heteroatoms. The van der Waals surface area contributed by atoms with E-state index in [4.69, 9.17) is 4.84 Å². The molecule has 0 spiro atoms. The predicted octanol–water partition coefficient (Wildman–Crippen LogP) is 1.99. The molecular formula is C26H36N6O6S2. The van der Waals surface area contributed by atoms with Crippen LogP contribution in [0.1, 0.15) is 25.8 Å². The minimum absolute atomic E-state index is 0.117. The van der Waals surface area contributed by atoms with E-state index in [1.165, 1.54) is 28.2 Å². The summed E-state index contributed by atoms with van der Waals surface area (Å²) in [4.78, 5) is 27.8. The molecule has 0 saturated carbocycles. The SMILES string of the molecule is CC1(C)SCN(S(=O)(=O)c2ccccc2)C1C(=O)NC(Cc1ccc(NOCCCNC2=NCCN2)cc1)OO. The van der Waals surface area contributed by atoms with Gasteiger partial charge in [-0.05, 0) is 50.1 Å². The molecule has 0 aliphatic carbocycles. The van der Waals surface area contributed by atoms with Gasteiger partial charge in [0.2, 0.25) is 15.9 Å². The molecule has 4 rings (SSSR count). The van der Waals surface area contributed by atoms with Gasteiger partial charge >= 0.3 is 0 Å². The maximum atomic E-state index is 13.4. The minimum atomic E-state index is -3.91. The van der Waals surface area contributed by atoms with Crippen molar-refractivity contribution >= 4 is 39.3 Å². The largest absolute Gasteiger partial charge is 0.356 e. The zero-order valence-corrected chi connectivity index (χ0v) is 24.1. The summed E-state index contributed by atoms with van der Waals surface area (Å²) in [6, 6.07) is 14.3. The average Bonchev–Trinajstić information content (AvgIpc) is 3.58. The Morgan fingerprint density at radius 1 is 1.23 bits per heavy atom. The third-order valence-electron chi connectivity index (χ3n) is 6.49. The van der Waals surface area contributed by atoms with Crippen LogP contribution in [0.15, 0.2) is 64.5 Å². The molecule has 2 atom stereocenters. The molecule has 12 nitrogen and oxygen atoms in total. The number of rotatable bonds is 13. The van der Waals surface area contributed by atoms with Gasteiger partial charge in [-0.2, -0.15) is 4.31 Å². The van der Waals surface area contributed by atoms with Crippen molar-refractivity contribution in [1.82, 2.24) is 20.3 Å². The van der Waals surface area contributed by atoms with Crippen LogP contribution >= 0.6 is 11.8 Å². The Kier molecular flexibility index (Phi) is 10.3. The van der Waals surface area contributed by atoms with Crippen molar-refractivity contribution in [2.45, 2.75) is 48.6 Å². The van der Waals surface area contributed by atoms with E-state index in [1.807, 2.05) is 38.1 Å². The Morgan fingerprint density at radius 3 is 2.65 bits per heavy atom. The van der Waals surface area contributed by atoms with E-state index in [0.29, 0.717) is 6.61 Å². The maximum absolute atomic E-state index is 13.4. The van der Waals surface area contributed by atoms with Gasteiger partial charge in [0, 0.05) is 24.3 Å². The van der Waals surface area contributed by atoms with Gasteiger partial charge in [0.15, 0.2) is 12.2 Å². The van der Waals surface area contributed by atoms with Crippen molar-refractivity contribution in [2.24, 2.45) is 4.99 Å². The number of benzene rings is 2. The molecule has 1 amide bonds. The highest BCUT2D eigenvalue weighted by molar-refractivity contribution is 8.02. The van der Waals surface area contributed by atoms with Crippen molar-refractivity contribution in [3.8, 4) is 0 Å². The van der Waals surface area contributed by atoms with Gasteiger partial charge in [-0.3, -0.25) is 20.1 Å². The highest BCUT2D eigenvalue weighted by Crippen LogP contribution is 2.42. The van der Waals surface area contributed by atoms with Crippen molar-refractivity contribution in [1.29, 1.82) is 0 Å². The Bertz CT molecular complexity index is 1260. The summed E-state index contributed by atoms with van der Waals surface area (Å²) in [5.41, 5.74) is 4.42. The number of anilines is 1. The smallest absolute Gasteiger partial charge is 0.244 e. The lowest BCUT2D eigenvalue weighted by atomic mass is 10.0. The molecule has 40 heavy (non-hydrogen) atoms. The quantitative estimate of drug-likeness (QED) is 0.101. The van der Waals surface area contributed by atoms with Gasteiger partial charge < -0.3 is 16.0 Å². The van der Waals surface area contributed by atoms with Crippen molar-refractivity contribution in [3.05, 3.63) is 60.2 Å². The highest BCUT2D eigenvalue weighted by atomic mass is 32.2. The fourth-order valence-electron chi connectivity index (χ4n) is 4.39. The van der Waals surface area contributed by atoms with E-state index >= 15 is 0 Å². The van der Waals surface area contributed by atoms with Gasteiger partial charge in [-0.25, -0.2) is 18.6 Å². The van der Waals surface area contributed by atoms with E-state index in [1.54, 1.807) is 18.2 Å². The van der Waals surface area contributed by atoms with Crippen LogP contribution in [0, 0.1) is 0 Å². The van der Waals surface area contributed by atoms with Crippen LogP contribution in [0.5, 0.6) is 0 Å². The number of carbonyl (C=O) groups is 1. The number of nitrogens with one attached hydrogen (secondary N) is 4. The Hall–Kier alpha value is -2.88. The first-order chi connectivity index (χ1) is 19.2. The third kappa shape index (κ3) is 7.65. The summed E-state index contributed by atoms with van der Waals surface area (Å²) in [6.45, 7) is 6.55. The first kappa shape index (κ1) is 30.1. The van der Waals surface area contributed by atoms with Gasteiger partial charge in [-0.1, -0.05) is 30.3 Å². The normalized spacial score (nSPS) is 19.5. The number of amides is 1. The number of sulfonamides is 1. The molecule has 1 saturated heterocycles. The second-order valence-corrected chi connectivity index (χ2v) is 13.4. The van der Waals surface area contributed by atoms with Crippen molar-refractivity contribution < 1.29 is 28.2 Å². The maximum Gasteiger partial charge on any atom is 0.244 e. The second kappa shape index (κ2) is 13.7. The molecule has 2 unspecified atom stereocenters. The van der Waals surface area contributed by atoms with Gasteiger partial charge in [0.1, 0.15) is 6.04 Å².